The first kappa shape index (κ1) is 22.0. The Balaban J connectivity index is 1.77. The van der Waals surface area contributed by atoms with Gasteiger partial charge < -0.3 is 0 Å². The van der Waals surface area contributed by atoms with Gasteiger partial charge in [0.25, 0.3) is 0 Å². The fourth-order valence-corrected chi connectivity index (χ4v) is 5.47. The van der Waals surface area contributed by atoms with E-state index in [9.17, 15) is 17.8 Å². The summed E-state index contributed by atoms with van der Waals surface area (Å²) in [7, 11) is 0.580. The van der Waals surface area contributed by atoms with Gasteiger partial charge in [-0.3, -0.25) is 9.69 Å². The first-order chi connectivity index (χ1) is 14.1. The van der Waals surface area contributed by atoms with E-state index in [4.69, 9.17) is 0 Å². The molecule has 158 valence electrons. The van der Waals surface area contributed by atoms with E-state index in [1.54, 1.807) is 44.5 Å². The van der Waals surface area contributed by atoms with E-state index in [0.29, 0.717) is 20.6 Å². The van der Waals surface area contributed by atoms with Gasteiger partial charge in [-0.05, 0) is 36.2 Å². The molecule has 0 fully saturated rings. The van der Waals surface area contributed by atoms with Crippen molar-refractivity contribution in [1.82, 2.24) is 4.98 Å². The van der Waals surface area contributed by atoms with Crippen LogP contribution in [0.25, 0.3) is 11.1 Å². The molecule has 0 radical (unpaired) electrons. The Bertz CT molecular complexity index is 1210. The number of amides is 1. The van der Waals surface area contributed by atoms with Crippen LogP contribution in [-0.4, -0.2) is 35.5 Å². The molecule has 0 aliphatic rings. The molecular formula is C21H21F2N3O2S2. The SMILES string of the molecule is CN=S(C)(=O)c1sc(N(C)C(=O)Cc2ccc(-c3cc(F)ccc3F)cc2)nc1C. The van der Waals surface area contributed by atoms with Crippen LogP contribution in [0.15, 0.2) is 51.0 Å². The summed E-state index contributed by atoms with van der Waals surface area (Å²) in [6.45, 7) is 1.74. The van der Waals surface area contributed by atoms with E-state index >= 15 is 0 Å². The summed E-state index contributed by atoms with van der Waals surface area (Å²) in [5.74, 6) is -1.23. The van der Waals surface area contributed by atoms with Gasteiger partial charge in [-0.1, -0.05) is 35.6 Å². The van der Waals surface area contributed by atoms with Gasteiger partial charge in [-0.25, -0.2) is 22.3 Å². The molecule has 1 unspecified atom stereocenters. The average Bonchev–Trinajstić information content (AvgIpc) is 3.12. The number of hydrogen-bond donors (Lipinski definition) is 0. The number of nitrogens with zero attached hydrogens (tertiary/aromatic N) is 3. The fraction of sp³-hybridized carbons (Fsp3) is 0.238. The highest BCUT2D eigenvalue weighted by Gasteiger charge is 2.21. The van der Waals surface area contributed by atoms with Crippen molar-refractivity contribution in [3.05, 3.63) is 65.4 Å². The standard InChI is InChI=1S/C21H21F2N3O2S2/c1-13-20(30(4,28)24-2)29-21(25-13)26(3)19(27)11-14-5-7-15(8-6-14)17-12-16(22)9-10-18(17)23/h5-10,12H,11H2,1-4H3. The second-order valence-electron chi connectivity index (χ2n) is 6.81. The highest BCUT2D eigenvalue weighted by Crippen LogP contribution is 2.30. The Kier molecular flexibility index (Phi) is 6.33. The van der Waals surface area contributed by atoms with Crippen LogP contribution < -0.4 is 4.90 Å². The first-order valence-corrected chi connectivity index (χ1v) is 11.7. The molecule has 3 aromatic rings. The van der Waals surface area contributed by atoms with Crippen LogP contribution in [0.4, 0.5) is 13.9 Å². The van der Waals surface area contributed by atoms with Crippen LogP contribution in [0.5, 0.6) is 0 Å². The number of carbonyl (C=O) groups is 1. The maximum Gasteiger partial charge on any atom is 0.232 e. The van der Waals surface area contributed by atoms with Crippen molar-refractivity contribution in [1.29, 1.82) is 0 Å². The second-order valence-corrected chi connectivity index (χ2v) is 10.4. The number of likely N-dealkylation sites (N-methyl/N-ethyl adjacent to an activating group) is 1. The Morgan fingerprint density at radius 3 is 2.50 bits per heavy atom. The zero-order valence-electron chi connectivity index (χ0n) is 17.0. The second kappa shape index (κ2) is 8.61. The maximum atomic E-state index is 13.9. The third-order valence-electron chi connectivity index (χ3n) is 4.64. The number of benzene rings is 2. The average molecular weight is 450 g/mol. The highest BCUT2D eigenvalue weighted by molar-refractivity contribution is 7.95. The highest BCUT2D eigenvalue weighted by atomic mass is 32.2. The van der Waals surface area contributed by atoms with Gasteiger partial charge in [0.05, 0.1) is 21.8 Å². The summed E-state index contributed by atoms with van der Waals surface area (Å²) in [6, 6.07) is 10.0. The lowest BCUT2D eigenvalue weighted by atomic mass is 10.0. The van der Waals surface area contributed by atoms with Gasteiger partial charge in [0.2, 0.25) is 5.91 Å². The van der Waals surface area contributed by atoms with Gasteiger partial charge in [0, 0.05) is 25.9 Å². The molecule has 0 saturated heterocycles. The van der Waals surface area contributed by atoms with Crippen molar-refractivity contribution in [2.24, 2.45) is 4.36 Å². The third-order valence-corrected chi connectivity index (χ3v) is 8.53. The van der Waals surface area contributed by atoms with Crippen LogP contribution in [0.3, 0.4) is 0 Å². The van der Waals surface area contributed by atoms with Crippen LogP contribution in [0.2, 0.25) is 0 Å². The number of rotatable bonds is 5. The minimum atomic E-state index is -2.53. The van der Waals surface area contributed by atoms with E-state index in [0.717, 1.165) is 23.8 Å². The zero-order valence-corrected chi connectivity index (χ0v) is 18.6. The summed E-state index contributed by atoms with van der Waals surface area (Å²) in [5, 5.41) is 0.448. The monoisotopic (exact) mass is 449 g/mol. The molecule has 1 heterocycles. The Hall–Kier alpha value is -2.65. The van der Waals surface area contributed by atoms with Crippen LogP contribution in [0, 0.1) is 18.6 Å². The van der Waals surface area contributed by atoms with Crippen LogP contribution in [0.1, 0.15) is 11.3 Å². The summed E-state index contributed by atoms with van der Waals surface area (Å²) >= 11 is 1.19. The molecule has 2 aromatic carbocycles. The molecule has 9 heteroatoms. The molecule has 1 aromatic heterocycles. The minimum absolute atomic E-state index is 0.107. The third kappa shape index (κ3) is 4.57. The summed E-state index contributed by atoms with van der Waals surface area (Å²) < 4.78 is 44.4. The fourth-order valence-electron chi connectivity index (χ4n) is 2.87. The molecular weight excluding hydrogens is 428 g/mol. The lowest BCUT2D eigenvalue weighted by Gasteiger charge is -2.14. The van der Waals surface area contributed by atoms with Crippen molar-refractivity contribution in [2.75, 3.05) is 25.3 Å². The van der Waals surface area contributed by atoms with Crippen LogP contribution >= 0.6 is 11.3 Å². The van der Waals surface area contributed by atoms with Gasteiger partial charge in [-0.2, -0.15) is 0 Å². The lowest BCUT2D eigenvalue weighted by Crippen LogP contribution is -2.27. The largest absolute Gasteiger partial charge is 0.291 e. The number of halogens is 2. The van der Waals surface area contributed by atoms with Gasteiger partial charge in [0.15, 0.2) is 5.13 Å². The minimum Gasteiger partial charge on any atom is -0.291 e. The number of aryl methyl sites for hydroxylation is 1. The van der Waals surface area contributed by atoms with Crippen LogP contribution in [-0.2, 0) is 20.9 Å². The molecule has 1 atom stereocenters. The molecule has 0 aliphatic heterocycles. The maximum absolute atomic E-state index is 13.9. The Morgan fingerprint density at radius 1 is 1.20 bits per heavy atom. The topological polar surface area (TPSA) is 62.6 Å². The zero-order chi connectivity index (χ0) is 22.1. The molecule has 0 saturated carbocycles. The van der Waals surface area contributed by atoms with Crippen molar-refractivity contribution in [3.63, 3.8) is 0 Å². The number of thiazole rings is 1. The molecule has 0 aliphatic carbocycles. The van der Waals surface area contributed by atoms with E-state index in [-0.39, 0.29) is 17.9 Å². The molecule has 0 N–H and O–H groups in total. The number of anilines is 1. The number of hydrogen-bond acceptors (Lipinski definition) is 5. The quantitative estimate of drug-likeness (QED) is 0.568. The van der Waals surface area contributed by atoms with Crippen molar-refractivity contribution < 1.29 is 17.8 Å². The van der Waals surface area contributed by atoms with Crippen molar-refractivity contribution in [3.8, 4) is 11.1 Å². The number of carbonyl (C=O) groups excluding carboxylic acids is 1. The van der Waals surface area contributed by atoms with Gasteiger partial charge >= 0.3 is 0 Å². The van der Waals surface area contributed by atoms with E-state index in [2.05, 4.69) is 9.35 Å². The lowest BCUT2D eigenvalue weighted by molar-refractivity contribution is -0.117. The van der Waals surface area contributed by atoms with Gasteiger partial charge in [-0.15, -0.1) is 0 Å². The molecule has 3 rings (SSSR count). The summed E-state index contributed by atoms with van der Waals surface area (Å²) in [6.07, 6.45) is 1.65. The predicted octanol–water partition coefficient (Wildman–Crippen LogP) is 4.69. The Morgan fingerprint density at radius 2 is 1.87 bits per heavy atom. The molecule has 0 bridgehead atoms. The van der Waals surface area contributed by atoms with Gasteiger partial charge in [0.1, 0.15) is 15.8 Å². The Labute approximate surface area is 178 Å². The van der Waals surface area contributed by atoms with E-state index in [1.165, 1.54) is 23.3 Å². The van der Waals surface area contributed by atoms with E-state index < -0.39 is 21.4 Å². The predicted molar refractivity (Wildman–Crippen MR) is 116 cm³/mol. The molecule has 30 heavy (non-hydrogen) atoms. The summed E-state index contributed by atoms with van der Waals surface area (Å²) in [5.41, 5.74) is 2.01. The molecule has 1 amide bonds. The normalized spacial score (nSPS) is 13.0. The van der Waals surface area contributed by atoms with E-state index in [1.807, 2.05) is 0 Å². The summed E-state index contributed by atoms with van der Waals surface area (Å²) in [4.78, 5) is 18.5. The first-order valence-electron chi connectivity index (χ1n) is 9.01. The number of aromatic nitrogens is 1. The van der Waals surface area contributed by atoms with Crippen molar-refractivity contribution >= 4 is 32.1 Å². The smallest absolute Gasteiger partial charge is 0.232 e. The molecule has 5 nitrogen and oxygen atoms in total. The van der Waals surface area contributed by atoms with Crippen molar-refractivity contribution in [2.45, 2.75) is 17.6 Å². The molecule has 0 spiro atoms.